The number of hydrogen-bond acceptors (Lipinski definition) is 5. The van der Waals surface area contributed by atoms with Crippen LogP contribution in [0.3, 0.4) is 0 Å². The van der Waals surface area contributed by atoms with Gasteiger partial charge in [-0.1, -0.05) is 0 Å². The molecule has 0 aliphatic carbocycles. The van der Waals surface area contributed by atoms with E-state index in [0.29, 0.717) is 23.3 Å². The Morgan fingerprint density at radius 1 is 1.38 bits per heavy atom. The molecule has 0 fully saturated rings. The molecule has 0 bridgehead atoms. The van der Waals surface area contributed by atoms with Crippen LogP contribution < -0.4 is 10.3 Å². The summed E-state index contributed by atoms with van der Waals surface area (Å²) in [5, 5.41) is 1.68. The minimum atomic E-state index is -3.68. The maximum atomic E-state index is 12.3. The van der Waals surface area contributed by atoms with Gasteiger partial charge < -0.3 is 9.30 Å². The van der Waals surface area contributed by atoms with Gasteiger partial charge in [-0.05, 0) is 33.4 Å². The van der Waals surface area contributed by atoms with Crippen LogP contribution in [0.2, 0.25) is 0 Å². The van der Waals surface area contributed by atoms with Crippen molar-refractivity contribution in [3.05, 3.63) is 44.6 Å². The summed E-state index contributed by atoms with van der Waals surface area (Å²) in [6.07, 6.45) is 1.46. The minimum Gasteiger partial charge on any atom is -0.383 e. The number of aromatic nitrogens is 1. The topological polar surface area (TPSA) is 77.4 Å². The first-order chi connectivity index (χ1) is 9.94. The number of anilines is 1. The van der Waals surface area contributed by atoms with Gasteiger partial charge in [-0.2, -0.15) is 0 Å². The summed E-state index contributed by atoms with van der Waals surface area (Å²) < 4.78 is 34.0. The summed E-state index contributed by atoms with van der Waals surface area (Å²) in [6, 6.07) is 4.42. The molecule has 0 atom stereocenters. The predicted octanol–water partition coefficient (Wildman–Crippen LogP) is 2.12. The lowest BCUT2D eigenvalue weighted by atomic mass is 10.4. The third kappa shape index (κ3) is 3.94. The highest BCUT2D eigenvalue weighted by atomic mass is 79.9. The zero-order valence-electron chi connectivity index (χ0n) is 11.1. The Balaban J connectivity index is 2.28. The Labute approximate surface area is 134 Å². The fraction of sp³-hybridized carbons (Fsp3) is 0.250. The van der Waals surface area contributed by atoms with Crippen molar-refractivity contribution in [1.82, 2.24) is 4.57 Å². The highest BCUT2D eigenvalue weighted by Gasteiger charge is 2.19. The van der Waals surface area contributed by atoms with E-state index in [4.69, 9.17) is 4.74 Å². The molecule has 0 amide bonds. The van der Waals surface area contributed by atoms with E-state index in [-0.39, 0.29) is 9.77 Å². The number of hydrogen-bond donors (Lipinski definition) is 1. The maximum Gasteiger partial charge on any atom is 0.272 e. The van der Waals surface area contributed by atoms with Crippen LogP contribution in [0.1, 0.15) is 0 Å². The van der Waals surface area contributed by atoms with Crippen LogP contribution in [-0.4, -0.2) is 26.7 Å². The van der Waals surface area contributed by atoms with E-state index in [1.807, 2.05) is 0 Å². The number of pyridine rings is 1. The molecule has 0 aliphatic rings. The summed E-state index contributed by atoms with van der Waals surface area (Å²) in [7, 11) is -2.14. The minimum absolute atomic E-state index is 0.192. The van der Waals surface area contributed by atoms with Crippen molar-refractivity contribution in [2.45, 2.75) is 10.8 Å². The summed E-state index contributed by atoms with van der Waals surface area (Å²) in [6.45, 7) is 0.722. The number of thiophene rings is 1. The first-order valence-corrected chi connectivity index (χ1v) is 9.05. The molecule has 2 aromatic rings. The molecule has 1 N–H and O–H groups in total. The van der Waals surface area contributed by atoms with Crippen LogP contribution >= 0.6 is 27.3 Å². The molecule has 2 aromatic heterocycles. The highest BCUT2D eigenvalue weighted by molar-refractivity contribution is 9.10. The van der Waals surface area contributed by atoms with Gasteiger partial charge in [0.05, 0.1) is 12.3 Å². The molecule has 0 radical (unpaired) electrons. The number of nitrogens with zero attached hydrogens (tertiary/aromatic N) is 1. The standard InChI is InChI=1S/C12H13BrN2O4S2/c1-19-6-5-15-8-9(2-3-11(15)16)14-21(17,18)12-10(13)4-7-20-12/h2-4,7-8,14H,5-6H2,1H3. The second-order valence-electron chi connectivity index (χ2n) is 4.10. The molecular formula is C12H13BrN2O4S2. The Morgan fingerprint density at radius 2 is 2.14 bits per heavy atom. The van der Waals surface area contributed by atoms with Crippen LogP contribution in [0, 0.1) is 0 Å². The number of ether oxygens (including phenoxy) is 1. The number of halogens is 1. The van der Waals surface area contributed by atoms with Crippen molar-refractivity contribution < 1.29 is 13.2 Å². The van der Waals surface area contributed by atoms with Gasteiger partial charge in [-0.15, -0.1) is 11.3 Å². The highest BCUT2D eigenvalue weighted by Crippen LogP contribution is 2.28. The summed E-state index contributed by atoms with van der Waals surface area (Å²) in [4.78, 5) is 11.7. The zero-order chi connectivity index (χ0) is 15.5. The molecule has 0 aliphatic heterocycles. The zero-order valence-corrected chi connectivity index (χ0v) is 14.3. The lowest BCUT2D eigenvalue weighted by Crippen LogP contribution is -2.22. The summed E-state index contributed by atoms with van der Waals surface area (Å²) in [5.41, 5.74) is 0.110. The molecule has 0 aromatic carbocycles. The smallest absolute Gasteiger partial charge is 0.272 e. The Bertz CT molecular complexity index is 783. The van der Waals surface area contributed by atoms with E-state index < -0.39 is 10.0 Å². The molecule has 0 saturated heterocycles. The van der Waals surface area contributed by atoms with Crippen molar-refractivity contribution in [3.63, 3.8) is 0 Å². The number of nitrogens with one attached hydrogen (secondary N) is 1. The van der Waals surface area contributed by atoms with Gasteiger partial charge in [0.15, 0.2) is 4.21 Å². The van der Waals surface area contributed by atoms with Crippen molar-refractivity contribution in [2.75, 3.05) is 18.4 Å². The second kappa shape index (κ2) is 6.73. The fourth-order valence-electron chi connectivity index (χ4n) is 1.63. The maximum absolute atomic E-state index is 12.3. The Hall–Kier alpha value is -1.16. The van der Waals surface area contributed by atoms with Crippen molar-refractivity contribution >= 4 is 43.0 Å². The van der Waals surface area contributed by atoms with E-state index in [1.165, 1.54) is 30.0 Å². The second-order valence-corrected chi connectivity index (χ2v) is 7.75. The van der Waals surface area contributed by atoms with E-state index >= 15 is 0 Å². The molecule has 6 nitrogen and oxygen atoms in total. The van der Waals surface area contributed by atoms with Gasteiger partial charge in [0.1, 0.15) is 0 Å². The Morgan fingerprint density at radius 3 is 2.76 bits per heavy atom. The molecule has 21 heavy (non-hydrogen) atoms. The monoisotopic (exact) mass is 392 g/mol. The molecule has 0 spiro atoms. The number of sulfonamides is 1. The summed E-state index contributed by atoms with van der Waals surface area (Å²) >= 11 is 4.31. The van der Waals surface area contributed by atoms with Gasteiger partial charge in [0, 0.05) is 30.4 Å². The third-order valence-electron chi connectivity index (χ3n) is 2.60. The Kier molecular flexibility index (Phi) is 5.20. The van der Waals surface area contributed by atoms with Crippen LogP contribution in [0.25, 0.3) is 0 Å². The van der Waals surface area contributed by atoms with Crippen molar-refractivity contribution in [3.8, 4) is 0 Å². The summed E-state index contributed by atoms with van der Waals surface area (Å²) in [5.74, 6) is 0. The average Bonchev–Trinajstić information content (AvgIpc) is 2.86. The van der Waals surface area contributed by atoms with E-state index in [0.717, 1.165) is 11.3 Å². The van der Waals surface area contributed by atoms with Gasteiger partial charge in [0.25, 0.3) is 15.6 Å². The lowest BCUT2D eigenvalue weighted by Gasteiger charge is -2.10. The van der Waals surface area contributed by atoms with E-state index in [2.05, 4.69) is 20.7 Å². The molecular weight excluding hydrogens is 380 g/mol. The van der Waals surface area contributed by atoms with Crippen LogP contribution in [-0.2, 0) is 21.3 Å². The van der Waals surface area contributed by atoms with Gasteiger partial charge in [-0.3, -0.25) is 9.52 Å². The molecule has 0 unspecified atom stereocenters. The SMILES string of the molecule is COCCn1cc(NS(=O)(=O)c2sccc2Br)ccc1=O. The van der Waals surface area contributed by atoms with Crippen LogP contribution in [0.5, 0.6) is 0 Å². The first kappa shape index (κ1) is 16.2. The van der Waals surface area contributed by atoms with Crippen LogP contribution in [0.15, 0.2) is 43.3 Å². The van der Waals surface area contributed by atoms with Gasteiger partial charge in [0.2, 0.25) is 0 Å². The fourth-order valence-corrected chi connectivity index (χ4v) is 5.01. The molecule has 0 saturated carbocycles. The quantitative estimate of drug-likeness (QED) is 0.816. The third-order valence-corrected chi connectivity index (χ3v) is 6.65. The van der Waals surface area contributed by atoms with Crippen molar-refractivity contribution in [2.24, 2.45) is 0 Å². The first-order valence-electron chi connectivity index (χ1n) is 5.89. The number of rotatable bonds is 6. The average molecular weight is 393 g/mol. The van der Waals surface area contributed by atoms with Crippen molar-refractivity contribution in [1.29, 1.82) is 0 Å². The van der Waals surface area contributed by atoms with E-state index in [1.54, 1.807) is 11.4 Å². The lowest BCUT2D eigenvalue weighted by molar-refractivity contribution is 0.186. The molecule has 2 rings (SSSR count). The molecule has 2 heterocycles. The van der Waals surface area contributed by atoms with Gasteiger partial charge in [-0.25, -0.2) is 8.42 Å². The molecule has 9 heteroatoms. The number of methoxy groups -OCH3 is 1. The predicted molar refractivity (Wildman–Crippen MR) is 85.4 cm³/mol. The van der Waals surface area contributed by atoms with E-state index in [9.17, 15) is 13.2 Å². The van der Waals surface area contributed by atoms with Crippen LogP contribution in [0.4, 0.5) is 5.69 Å². The van der Waals surface area contributed by atoms with Gasteiger partial charge >= 0.3 is 0 Å². The normalized spacial score (nSPS) is 11.5. The molecule has 114 valence electrons. The largest absolute Gasteiger partial charge is 0.383 e.